The van der Waals surface area contributed by atoms with Crippen molar-refractivity contribution in [3.8, 4) is 11.5 Å². The number of aryl methyl sites for hydroxylation is 1. The fourth-order valence-corrected chi connectivity index (χ4v) is 6.93. The van der Waals surface area contributed by atoms with Gasteiger partial charge < -0.3 is 14.4 Å². The number of hydrogen-bond donors (Lipinski definition) is 0. The first-order chi connectivity index (χ1) is 18.1. The largest absolute Gasteiger partial charge is 0.493 e. The molecule has 200 valence electrons. The van der Waals surface area contributed by atoms with Crippen LogP contribution in [0.4, 0.5) is 0 Å². The Labute approximate surface area is 223 Å². The van der Waals surface area contributed by atoms with Gasteiger partial charge in [0.15, 0.2) is 11.5 Å². The lowest BCUT2D eigenvalue weighted by Crippen LogP contribution is -2.46. The Hall–Kier alpha value is -2.53. The maximum atomic E-state index is 14.0. The van der Waals surface area contributed by atoms with E-state index in [2.05, 4.69) is 34.1 Å². The first-order valence-corrected chi connectivity index (χ1v) is 14.5. The fourth-order valence-electron chi connectivity index (χ4n) is 6.93. The Kier molecular flexibility index (Phi) is 8.70. The number of carbonyl (C=O) groups excluding carboxylic acids is 1. The second-order valence-corrected chi connectivity index (χ2v) is 11.5. The van der Waals surface area contributed by atoms with Crippen LogP contribution < -0.4 is 9.47 Å². The monoisotopic (exact) mass is 504 g/mol. The number of methoxy groups -OCH3 is 2. The quantitative estimate of drug-likeness (QED) is 0.420. The molecular weight excluding hydrogens is 460 g/mol. The van der Waals surface area contributed by atoms with Crippen LogP contribution in [-0.2, 0) is 12.8 Å². The molecule has 1 saturated heterocycles. The van der Waals surface area contributed by atoms with Crippen molar-refractivity contribution in [3.63, 3.8) is 0 Å². The third-order valence-electron chi connectivity index (χ3n) is 8.99. The lowest BCUT2D eigenvalue weighted by atomic mass is 9.83. The van der Waals surface area contributed by atoms with Crippen molar-refractivity contribution in [3.05, 3.63) is 59.2 Å². The third kappa shape index (κ3) is 6.31. The zero-order valence-corrected chi connectivity index (χ0v) is 22.8. The maximum Gasteiger partial charge on any atom is 0.254 e. The lowest BCUT2D eigenvalue weighted by Gasteiger charge is -2.36. The first kappa shape index (κ1) is 26.1. The number of likely N-dealkylation sites (tertiary alicyclic amines) is 1. The number of ether oxygens (including phenoxy) is 2. The van der Waals surface area contributed by atoms with Crippen LogP contribution in [0.1, 0.15) is 72.9 Å². The number of rotatable bonds is 9. The molecular formula is C32H44N2O3. The Morgan fingerprint density at radius 2 is 1.65 bits per heavy atom. The van der Waals surface area contributed by atoms with Crippen LogP contribution in [0, 0.1) is 11.8 Å². The zero-order valence-electron chi connectivity index (χ0n) is 22.8. The van der Waals surface area contributed by atoms with Crippen LogP contribution in [-0.4, -0.2) is 62.1 Å². The smallest absolute Gasteiger partial charge is 0.254 e. The molecule has 2 aromatic carbocycles. The molecule has 2 aromatic rings. The Bertz CT molecular complexity index is 1050. The van der Waals surface area contributed by atoms with E-state index in [4.69, 9.17) is 9.47 Å². The maximum absolute atomic E-state index is 14.0. The van der Waals surface area contributed by atoms with Gasteiger partial charge in [0.05, 0.1) is 14.2 Å². The van der Waals surface area contributed by atoms with Crippen LogP contribution in [0.2, 0.25) is 0 Å². The van der Waals surface area contributed by atoms with Gasteiger partial charge in [0, 0.05) is 31.2 Å². The summed E-state index contributed by atoms with van der Waals surface area (Å²) in [4.78, 5) is 18.9. The zero-order chi connectivity index (χ0) is 25.6. The van der Waals surface area contributed by atoms with Crippen molar-refractivity contribution in [2.75, 3.05) is 40.4 Å². The summed E-state index contributed by atoms with van der Waals surface area (Å²) in [6.07, 6.45) is 12.7. The Balaban J connectivity index is 1.34. The number of carbonyl (C=O) groups is 1. The van der Waals surface area contributed by atoms with Gasteiger partial charge in [-0.3, -0.25) is 9.69 Å². The van der Waals surface area contributed by atoms with Crippen molar-refractivity contribution in [2.45, 2.75) is 70.3 Å². The van der Waals surface area contributed by atoms with Crippen LogP contribution in [0.5, 0.6) is 11.5 Å². The first-order valence-electron chi connectivity index (χ1n) is 14.5. The average molecular weight is 505 g/mol. The highest BCUT2D eigenvalue weighted by Gasteiger charge is 2.32. The van der Waals surface area contributed by atoms with Crippen molar-refractivity contribution < 1.29 is 14.3 Å². The highest BCUT2D eigenvalue weighted by molar-refractivity contribution is 5.95. The molecule has 0 bridgehead atoms. The van der Waals surface area contributed by atoms with Gasteiger partial charge in [0.25, 0.3) is 5.91 Å². The molecule has 37 heavy (non-hydrogen) atoms. The van der Waals surface area contributed by atoms with Gasteiger partial charge in [-0.25, -0.2) is 0 Å². The summed E-state index contributed by atoms with van der Waals surface area (Å²) >= 11 is 0. The molecule has 2 aliphatic carbocycles. The van der Waals surface area contributed by atoms with Crippen molar-refractivity contribution in [2.24, 2.45) is 11.8 Å². The van der Waals surface area contributed by atoms with E-state index in [-0.39, 0.29) is 5.91 Å². The number of benzene rings is 2. The van der Waals surface area contributed by atoms with Crippen molar-refractivity contribution in [1.29, 1.82) is 0 Å². The van der Waals surface area contributed by atoms with E-state index in [1.807, 2.05) is 18.2 Å². The molecule has 3 aliphatic rings. The van der Waals surface area contributed by atoms with E-state index in [0.29, 0.717) is 29.0 Å². The van der Waals surface area contributed by atoms with Crippen LogP contribution in [0.3, 0.4) is 0 Å². The van der Waals surface area contributed by atoms with Gasteiger partial charge in [-0.15, -0.1) is 0 Å². The highest BCUT2D eigenvalue weighted by atomic mass is 16.5. The van der Waals surface area contributed by atoms with Gasteiger partial charge in [-0.2, -0.15) is 0 Å². The van der Waals surface area contributed by atoms with Gasteiger partial charge in [-0.05, 0) is 92.7 Å². The number of amides is 1. The minimum atomic E-state index is 0.115. The van der Waals surface area contributed by atoms with Crippen LogP contribution in [0.25, 0.3) is 0 Å². The molecule has 1 saturated carbocycles. The van der Waals surface area contributed by atoms with Crippen molar-refractivity contribution in [1.82, 2.24) is 9.80 Å². The second-order valence-electron chi connectivity index (χ2n) is 11.5. The molecule has 1 amide bonds. The molecule has 5 heteroatoms. The van der Waals surface area contributed by atoms with E-state index < -0.39 is 0 Å². The second kappa shape index (κ2) is 12.3. The van der Waals surface area contributed by atoms with E-state index in [1.165, 1.54) is 69.2 Å². The molecule has 2 atom stereocenters. The summed E-state index contributed by atoms with van der Waals surface area (Å²) in [7, 11) is 3.26. The summed E-state index contributed by atoms with van der Waals surface area (Å²) in [5, 5.41) is 0. The SMILES string of the molecule is COc1ccc(C(=O)N(CC2CCc3ccccc3C2)CC2CCCN2CC2CCCCC2)cc1OC. The lowest BCUT2D eigenvalue weighted by molar-refractivity contribution is 0.0651. The topological polar surface area (TPSA) is 42.0 Å². The average Bonchev–Trinajstić information content (AvgIpc) is 3.38. The third-order valence-corrected chi connectivity index (χ3v) is 8.99. The normalized spacial score (nSPS) is 22.4. The van der Waals surface area contributed by atoms with Gasteiger partial charge >= 0.3 is 0 Å². The summed E-state index contributed by atoms with van der Waals surface area (Å²) in [6, 6.07) is 14.9. The minimum absolute atomic E-state index is 0.115. The molecule has 1 aliphatic heterocycles. The number of nitrogens with zero attached hydrogens (tertiary/aromatic N) is 2. The van der Waals surface area contributed by atoms with E-state index in [1.54, 1.807) is 14.2 Å². The standard InChI is InChI=1S/C32H44N2O3/c1-36-30-17-16-28(20-31(30)37-2)32(35)34(22-25-14-15-26-11-6-7-12-27(26)19-25)23-29-13-8-18-33(29)21-24-9-4-3-5-10-24/h6-7,11-12,16-17,20,24-25,29H,3-5,8-10,13-15,18-19,21-23H2,1-2H3. The number of hydrogen-bond acceptors (Lipinski definition) is 4. The predicted molar refractivity (Wildman–Crippen MR) is 149 cm³/mol. The van der Waals surface area contributed by atoms with Gasteiger partial charge in [0.2, 0.25) is 0 Å². The van der Waals surface area contributed by atoms with Crippen molar-refractivity contribution >= 4 is 5.91 Å². The van der Waals surface area contributed by atoms with Crippen LogP contribution >= 0.6 is 0 Å². The molecule has 2 fully saturated rings. The Morgan fingerprint density at radius 1 is 0.865 bits per heavy atom. The van der Waals surface area contributed by atoms with E-state index in [0.717, 1.165) is 38.3 Å². The summed E-state index contributed by atoms with van der Waals surface area (Å²) in [5.41, 5.74) is 3.62. The summed E-state index contributed by atoms with van der Waals surface area (Å²) in [6.45, 7) is 4.02. The molecule has 0 radical (unpaired) electrons. The predicted octanol–water partition coefficient (Wildman–Crippen LogP) is 6.00. The Morgan fingerprint density at radius 3 is 2.43 bits per heavy atom. The molecule has 5 nitrogen and oxygen atoms in total. The molecule has 0 N–H and O–H groups in total. The summed E-state index contributed by atoms with van der Waals surface area (Å²) < 4.78 is 11.0. The molecule has 0 spiro atoms. The molecule has 2 unspecified atom stereocenters. The molecule has 1 heterocycles. The number of fused-ring (bicyclic) bond motifs is 1. The van der Waals surface area contributed by atoms with Gasteiger partial charge in [-0.1, -0.05) is 43.5 Å². The molecule has 5 rings (SSSR count). The minimum Gasteiger partial charge on any atom is -0.493 e. The fraction of sp³-hybridized carbons (Fsp3) is 0.594. The van der Waals surface area contributed by atoms with E-state index >= 15 is 0 Å². The highest BCUT2D eigenvalue weighted by Crippen LogP contribution is 2.32. The van der Waals surface area contributed by atoms with E-state index in [9.17, 15) is 4.79 Å². The summed E-state index contributed by atoms with van der Waals surface area (Å²) in [5.74, 6) is 2.71. The molecule has 0 aromatic heterocycles. The van der Waals surface area contributed by atoms with Gasteiger partial charge in [0.1, 0.15) is 0 Å². The van der Waals surface area contributed by atoms with Crippen LogP contribution in [0.15, 0.2) is 42.5 Å².